The minimum Gasteiger partial charge on any atom is -0.469 e. The zero-order chi connectivity index (χ0) is 20.4. The predicted octanol–water partition coefficient (Wildman–Crippen LogP) is 5.32. The van der Waals surface area contributed by atoms with Crippen molar-refractivity contribution in [2.45, 2.75) is 65.2 Å². The van der Waals surface area contributed by atoms with Gasteiger partial charge in [0.05, 0.1) is 12.9 Å². The molecule has 1 atom stereocenters. The highest BCUT2D eigenvalue weighted by Crippen LogP contribution is 2.25. The van der Waals surface area contributed by atoms with Crippen molar-refractivity contribution in [3.05, 3.63) is 59.1 Å². The molecule has 0 amide bonds. The Labute approximate surface area is 169 Å². The Hall–Kier alpha value is -2.07. The van der Waals surface area contributed by atoms with Crippen molar-refractivity contribution in [2.24, 2.45) is 5.92 Å². The summed E-state index contributed by atoms with van der Waals surface area (Å²) < 4.78 is 11.1. The van der Waals surface area contributed by atoms with E-state index in [2.05, 4.69) is 31.7 Å². The third-order valence-corrected chi connectivity index (χ3v) is 5.25. The average Bonchev–Trinajstić information content (AvgIpc) is 3.11. The Balaban J connectivity index is 2.10. The van der Waals surface area contributed by atoms with Crippen molar-refractivity contribution >= 4 is 5.97 Å². The van der Waals surface area contributed by atoms with E-state index in [0.29, 0.717) is 6.42 Å². The fraction of sp³-hybridized carbons (Fsp3) is 0.542. The third-order valence-electron chi connectivity index (χ3n) is 5.25. The summed E-state index contributed by atoms with van der Waals surface area (Å²) in [6, 6.07) is 2.12. The molecule has 0 aliphatic heterocycles. The first-order chi connectivity index (χ1) is 13.5. The van der Waals surface area contributed by atoms with Gasteiger partial charge in [-0.1, -0.05) is 31.2 Å². The molecule has 0 saturated heterocycles. The number of furan rings is 1. The first kappa shape index (κ1) is 22.2. The van der Waals surface area contributed by atoms with Crippen molar-refractivity contribution in [1.29, 1.82) is 0 Å². The standard InChI is InChI=1S/C24H34O4/c1-4-6-24(26)28-16-19(3)22-11-9-18(2)13-23-14-21(17-27-23)8-5-7-20(15-25)10-12-22/h7,9,14,17,22,25H,3-6,8,10-13,15-16H2,1-2H3/b18-9+,20-7+. The Bertz CT molecular complexity index is 708. The van der Waals surface area contributed by atoms with Gasteiger partial charge in [-0.3, -0.25) is 4.79 Å². The van der Waals surface area contributed by atoms with E-state index in [1.54, 1.807) is 0 Å². The summed E-state index contributed by atoms with van der Waals surface area (Å²) in [5.74, 6) is 1.03. The Morgan fingerprint density at radius 2 is 2.18 bits per heavy atom. The van der Waals surface area contributed by atoms with Gasteiger partial charge < -0.3 is 14.3 Å². The summed E-state index contributed by atoms with van der Waals surface area (Å²) in [6.07, 6.45) is 12.6. The van der Waals surface area contributed by atoms with Gasteiger partial charge in [-0.2, -0.15) is 0 Å². The fourth-order valence-electron chi connectivity index (χ4n) is 3.44. The zero-order valence-corrected chi connectivity index (χ0v) is 17.3. The molecule has 0 saturated carbocycles. The first-order valence-electron chi connectivity index (χ1n) is 10.4. The van der Waals surface area contributed by atoms with Crippen LogP contribution in [0.3, 0.4) is 0 Å². The first-order valence-corrected chi connectivity index (χ1v) is 10.4. The normalized spacial score (nSPS) is 22.3. The van der Waals surface area contributed by atoms with Crippen LogP contribution in [0.25, 0.3) is 0 Å². The molecule has 154 valence electrons. The van der Waals surface area contributed by atoms with Crippen LogP contribution in [0, 0.1) is 5.92 Å². The molecule has 0 radical (unpaired) electrons. The minimum absolute atomic E-state index is 0.0795. The molecule has 0 aromatic carbocycles. The lowest BCUT2D eigenvalue weighted by Crippen LogP contribution is -2.13. The van der Waals surface area contributed by atoms with Gasteiger partial charge in [-0.25, -0.2) is 0 Å². The van der Waals surface area contributed by atoms with Gasteiger partial charge in [0.15, 0.2) is 0 Å². The van der Waals surface area contributed by atoms with Gasteiger partial charge in [-0.15, -0.1) is 0 Å². The fourth-order valence-corrected chi connectivity index (χ4v) is 3.44. The number of fused-ring (bicyclic) bond motifs is 2. The second-order valence-corrected chi connectivity index (χ2v) is 7.75. The number of allylic oxidation sites excluding steroid dienone is 3. The van der Waals surface area contributed by atoms with Crippen LogP contribution in [0.2, 0.25) is 0 Å². The van der Waals surface area contributed by atoms with Crippen molar-refractivity contribution in [3.63, 3.8) is 0 Å². The Morgan fingerprint density at radius 1 is 1.36 bits per heavy atom. The van der Waals surface area contributed by atoms with Crippen molar-refractivity contribution < 1.29 is 19.1 Å². The molecule has 2 bridgehead atoms. The number of rotatable bonds is 6. The van der Waals surface area contributed by atoms with Crippen molar-refractivity contribution in [2.75, 3.05) is 13.2 Å². The van der Waals surface area contributed by atoms with Gasteiger partial charge >= 0.3 is 5.97 Å². The molecule has 1 heterocycles. The molecular weight excluding hydrogens is 352 g/mol. The number of hydrogen-bond acceptors (Lipinski definition) is 4. The number of aliphatic hydroxyl groups excluding tert-OH is 1. The van der Waals surface area contributed by atoms with Crippen LogP contribution in [0.1, 0.15) is 63.7 Å². The van der Waals surface area contributed by atoms with E-state index >= 15 is 0 Å². The molecule has 0 spiro atoms. The molecule has 0 fully saturated rings. The van der Waals surface area contributed by atoms with Crippen molar-refractivity contribution in [1.82, 2.24) is 0 Å². The van der Waals surface area contributed by atoms with E-state index in [9.17, 15) is 9.90 Å². The smallest absolute Gasteiger partial charge is 0.306 e. The number of carbonyl (C=O) groups excluding carboxylic acids is 1. The molecule has 1 aromatic heterocycles. The highest BCUT2D eigenvalue weighted by atomic mass is 16.5. The molecule has 28 heavy (non-hydrogen) atoms. The van der Waals surface area contributed by atoms with E-state index in [1.165, 1.54) is 11.1 Å². The van der Waals surface area contributed by atoms with E-state index in [0.717, 1.165) is 61.9 Å². The topological polar surface area (TPSA) is 59.7 Å². The lowest BCUT2D eigenvalue weighted by atomic mass is 9.89. The quantitative estimate of drug-likeness (QED) is 0.531. The second kappa shape index (κ2) is 11.7. The summed E-state index contributed by atoms with van der Waals surface area (Å²) in [7, 11) is 0. The van der Waals surface area contributed by atoms with Crippen LogP contribution in [0.15, 0.2) is 52.2 Å². The van der Waals surface area contributed by atoms with Gasteiger partial charge in [0.2, 0.25) is 0 Å². The SMILES string of the molecule is C=C(COC(=O)CCC)C1C/C=C(\C)Cc2cc(co2)CC/C=C(/CO)CC1. The second-order valence-electron chi connectivity index (χ2n) is 7.75. The van der Waals surface area contributed by atoms with Crippen LogP contribution < -0.4 is 0 Å². The number of ether oxygens (including phenoxy) is 1. The van der Waals surface area contributed by atoms with E-state index in [-0.39, 0.29) is 25.1 Å². The lowest BCUT2D eigenvalue weighted by Gasteiger charge is -2.19. The van der Waals surface area contributed by atoms with Crippen LogP contribution in [-0.4, -0.2) is 24.3 Å². The lowest BCUT2D eigenvalue weighted by molar-refractivity contribution is -0.142. The van der Waals surface area contributed by atoms with Crippen molar-refractivity contribution in [3.8, 4) is 0 Å². The number of carbonyl (C=O) groups is 1. The zero-order valence-electron chi connectivity index (χ0n) is 17.3. The maximum atomic E-state index is 11.7. The van der Waals surface area contributed by atoms with E-state index < -0.39 is 0 Å². The van der Waals surface area contributed by atoms with E-state index in [1.807, 2.05) is 13.2 Å². The van der Waals surface area contributed by atoms with Crippen LogP contribution >= 0.6 is 0 Å². The largest absolute Gasteiger partial charge is 0.469 e. The minimum atomic E-state index is -0.166. The highest BCUT2D eigenvalue weighted by Gasteiger charge is 2.15. The molecule has 1 aliphatic carbocycles. The molecular formula is C24H34O4. The maximum Gasteiger partial charge on any atom is 0.306 e. The van der Waals surface area contributed by atoms with Gasteiger partial charge in [0.1, 0.15) is 12.4 Å². The summed E-state index contributed by atoms with van der Waals surface area (Å²) in [5, 5.41) is 9.71. The summed E-state index contributed by atoms with van der Waals surface area (Å²) in [5.41, 5.74) is 4.46. The molecule has 4 heteroatoms. The van der Waals surface area contributed by atoms with Gasteiger partial charge in [0.25, 0.3) is 0 Å². The van der Waals surface area contributed by atoms with Gasteiger partial charge in [-0.05, 0) is 74.1 Å². The van der Waals surface area contributed by atoms with Gasteiger partial charge in [0, 0.05) is 12.8 Å². The molecule has 1 aliphatic rings. The Kier molecular flexibility index (Phi) is 9.29. The number of hydrogen-bond donors (Lipinski definition) is 1. The molecule has 1 aromatic rings. The average molecular weight is 387 g/mol. The summed E-state index contributed by atoms with van der Waals surface area (Å²) in [4.78, 5) is 11.7. The summed E-state index contributed by atoms with van der Waals surface area (Å²) >= 11 is 0. The molecule has 4 nitrogen and oxygen atoms in total. The van der Waals surface area contributed by atoms with E-state index in [4.69, 9.17) is 9.15 Å². The van der Waals surface area contributed by atoms with Crippen LogP contribution in [0.5, 0.6) is 0 Å². The molecule has 1 unspecified atom stereocenters. The van der Waals surface area contributed by atoms with Crippen LogP contribution in [0.4, 0.5) is 0 Å². The molecule has 2 rings (SSSR count). The summed E-state index contributed by atoms with van der Waals surface area (Å²) in [6.45, 7) is 8.63. The highest BCUT2D eigenvalue weighted by molar-refractivity contribution is 5.69. The third kappa shape index (κ3) is 7.51. The number of aliphatic hydroxyl groups is 1. The van der Waals surface area contributed by atoms with Crippen LogP contribution in [-0.2, 0) is 22.4 Å². The Morgan fingerprint density at radius 3 is 2.93 bits per heavy atom. The monoisotopic (exact) mass is 386 g/mol. The number of aryl methyl sites for hydroxylation is 1. The molecule has 1 N–H and O–H groups in total. The maximum absolute atomic E-state index is 11.7. The number of esters is 1. The predicted molar refractivity (Wildman–Crippen MR) is 112 cm³/mol.